The lowest BCUT2D eigenvalue weighted by molar-refractivity contribution is 0.974. The Kier molecular flexibility index (Phi) is 3.59. The summed E-state index contributed by atoms with van der Waals surface area (Å²) in [4.78, 5) is 4.21. The van der Waals surface area contributed by atoms with Crippen molar-refractivity contribution in [2.24, 2.45) is 0 Å². The van der Waals surface area contributed by atoms with Gasteiger partial charge in [-0.1, -0.05) is 23.8 Å². The van der Waals surface area contributed by atoms with E-state index in [1.54, 1.807) is 6.20 Å². The summed E-state index contributed by atoms with van der Waals surface area (Å²) in [5, 5.41) is 12.4. The van der Waals surface area contributed by atoms with Gasteiger partial charge in [0.1, 0.15) is 6.04 Å². The van der Waals surface area contributed by atoms with Gasteiger partial charge >= 0.3 is 0 Å². The summed E-state index contributed by atoms with van der Waals surface area (Å²) in [6.07, 6.45) is 1.74. The fourth-order valence-electron chi connectivity index (χ4n) is 1.66. The number of benzene rings is 1. The van der Waals surface area contributed by atoms with Crippen molar-refractivity contribution in [1.29, 1.82) is 5.26 Å². The summed E-state index contributed by atoms with van der Waals surface area (Å²) in [5.74, 6) is 0. The number of nitriles is 1. The highest BCUT2D eigenvalue weighted by Gasteiger charge is 2.10. The van der Waals surface area contributed by atoms with Gasteiger partial charge in [0.15, 0.2) is 0 Å². The van der Waals surface area contributed by atoms with Gasteiger partial charge in [-0.15, -0.1) is 0 Å². The lowest BCUT2D eigenvalue weighted by Crippen LogP contribution is -2.08. The molecule has 0 saturated carbocycles. The maximum absolute atomic E-state index is 9.22. The minimum atomic E-state index is -0.374. The van der Waals surface area contributed by atoms with E-state index in [4.69, 9.17) is 0 Å². The Balaban J connectivity index is 2.17. The van der Waals surface area contributed by atoms with E-state index in [2.05, 4.69) is 16.4 Å². The topological polar surface area (TPSA) is 48.7 Å². The number of aryl methyl sites for hydroxylation is 2. The number of pyridine rings is 1. The zero-order valence-corrected chi connectivity index (χ0v) is 10.5. The van der Waals surface area contributed by atoms with Gasteiger partial charge in [-0.05, 0) is 32.0 Å². The maximum atomic E-state index is 9.22. The molecule has 18 heavy (non-hydrogen) atoms. The predicted octanol–water partition coefficient (Wildman–Crippen LogP) is 3.38. The SMILES string of the molecule is Cc1ccc(NC(C#N)c2ccc(C)nc2)cc1. The quantitative estimate of drug-likeness (QED) is 0.890. The Bertz CT molecular complexity index is 550. The van der Waals surface area contributed by atoms with Gasteiger partial charge in [0.25, 0.3) is 0 Å². The van der Waals surface area contributed by atoms with Crippen molar-refractivity contribution in [3.63, 3.8) is 0 Å². The first-order chi connectivity index (χ1) is 8.69. The highest BCUT2D eigenvalue weighted by molar-refractivity contribution is 5.48. The van der Waals surface area contributed by atoms with Crippen molar-refractivity contribution in [2.45, 2.75) is 19.9 Å². The molecule has 3 nitrogen and oxygen atoms in total. The van der Waals surface area contributed by atoms with Crippen molar-refractivity contribution in [1.82, 2.24) is 4.98 Å². The molecule has 0 radical (unpaired) electrons. The summed E-state index contributed by atoms with van der Waals surface area (Å²) in [5.41, 5.74) is 3.97. The van der Waals surface area contributed by atoms with Crippen LogP contribution in [0.15, 0.2) is 42.6 Å². The average molecular weight is 237 g/mol. The van der Waals surface area contributed by atoms with Crippen LogP contribution in [0.2, 0.25) is 0 Å². The molecule has 0 spiro atoms. The van der Waals surface area contributed by atoms with Gasteiger partial charge in [0, 0.05) is 23.1 Å². The molecule has 90 valence electrons. The van der Waals surface area contributed by atoms with E-state index < -0.39 is 0 Å². The van der Waals surface area contributed by atoms with Crippen LogP contribution in [0.25, 0.3) is 0 Å². The molecule has 1 aromatic heterocycles. The van der Waals surface area contributed by atoms with E-state index in [9.17, 15) is 5.26 Å². The lowest BCUT2D eigenvalue weighted by atomic mass is 10.1. The van der Waals surface area contributed by atoms with Gasteiger partial charge in [-0.25, -0.2) is 0 Å². The number of hydrogen-bond acceptors (Lipinski definition) is 3. The van der Waals surface area contributed by atoms with Crippen LogP contribution in [-0.2, 0) is 0 Å². The Labute approximate surface area is 107 Å². The summed E-state index contributed by atoms with van der Waals surface area (Å²) >= 11 is 0. The van der Waals surface area contributed by atoms with Crippen molar-refractivity contribution in [3.8, 4) is 6.07 Å². The minimum absolute atomic E-state index is 0.374. The Morgan fingerprint density at radius 1 is 1.11 bits per heavy atom. The number of nitrogens with zero attached hydrogens (tertiary/aromatic N) is 2. The van der Waals surface area contributed by atoms with E-state index in [0.29, 0.717) is 0 Å². The molecule has 0 bridgehead atoms. The van der Waals surface area contributed by atoms with Gasteiger partial charge in [0.2, 0.25) is 0 Å². The summed E-state index contributed by atoms with van der Waals surface area (Å²) in [6.45, 7) is 3.97. The normalized spacial score (nSPS) is 11.6. The van der Waals surface area contributed by atoms with Gasteiger partial charge < -0.3 is 5.32 Å². The summed E-state index contributed by atoms with van der Waals surface area (Å²) < 4.78 is 0. The molecule has 0 fully saturated rings. The first-order valence-electron chi connectivity index (χ1n) is 5.84. The van der Waals surface area contributed by atoms with Crippen molar-refractivity contribution in [2.75, 3.05) is 5.32 Å². The molecule has 1 atom stereocenters. The van der Waals surface area contributed by atoms with Crippen LogP contribution in [0.5, 0.6) is 0 Å². The zero-order valence-electron chi connectivity index (χ0n) is 10.5. The highest BCUT2D eigenvalue weighted by Crippen LogP contribution is 2.18. The smallest absolute Gasteiger partial charge is 0.141 e. The summed E-state index contributed by atoms with van der Waals surface area (Å²) in [7, 11) is 0. The van der Waals surface area contributed by atoms with Gasteiger partial charge in [-0.2, -0.15) is 5.26 Å². The Morgan fingerprint density at radius 2 is 1.83 bits per heavy atom. The second-order valence-electron chi connectivity index (χ2n) is 4.31. The van der Waals surface area contributed by atoms with E-state index >= 15 is 0 Å². The van der Waals surface area contributed by atoms with Crippen LogP contribution >= 0.6 is 0 Å². The number of aromatic nitrogens is 1. The maximum Gasteiger partial charge on any atom is 0.141 e. The Hall–Kier alpha value is -2.34. The van der Waals surface area contributed by atoms with Crippen LogP contribution in [0.3, 0.4) is 0 Å². The molecule has 0 amide bonds. The first-order valence-corrected chi connectivity index (χ1v) is 5.84. The summed E-state index contributed by atoms with van der Waals surface area (Å²) in [6, 6.07) is 13.7. The average Bonchev–Trinajstić information content (AvgIpc) is 2.39. The van der Waals surface area contributed by atoms with Crippen LogP contribution in [0, 0.1) is 25.2 Å². The standard InChI is InChI=1S/C15H15N3/c1-11-3-7-14(8-4-11)18-15(9-16)13-6-5-12(2)17-10-13/h3-8,10,15,18H,1-2H3. The van der Waals surface area contributed by atoms with Crippen LogP contribution < -0.4 is 5.32 Å². The lowest BCUT2D eigenvalue weighted by Gasteiger charge is -2.13. The molecule has 0 aliphatic heterocycles. The van der Waals surface area contributed by atoms with E-state index in [0.717, 1.165) is 16.9 Å². The highest BCUT2D eigenvalue weighted by atomic mass is 14.9. The molecule has 1 N–H and O–H groups in total. The first kappa shape index (κ1) is 12.1. The van der Waals surface area contributed by atoms with E-state index in [-0.39, 0.29) is 6.04 Å². The largest absolute Gasteiger partial charge is 0.366 e. The van der Waals surface area contributed by atoms with Gasteiger partial charge in [-0.3, -0.25) is 4.98 Å². The van der Waals surface area contributed by atoms with Crippen LogP contribution in [0.1, 0.15) is 22.9 Å². The zero-order chi connectivity index (χ0) is 13.0. The molecule has 0 aliphatic rings. The molecule has 1 heterocycles. The van der Waals surface area contributed by atoms with Gasteiger partial charge in [0.05, 0.1) is 6.07 Å². The van der Waals surface area contributed by atoms with E-state index in [1.165, 1.54) is 5.56 Å². The number of rotatable bonds is 3. The third kappa shape index (κ3) is 2.86. The monoisotopic (exact) mass is 237 g/mol. The Morgan fingerprint density at radius 3 is 2.39 bits per heavy atom. The fourth-order valence-corrected chi connectivity index (χ4v) is 1.66. The number of anilines is 1. The minimum Gasteiger partial charge on any atom is -0.366 e. The molecule has 0 aliphatic carbocycles. The molecule has 1 aromatic carbocycles. The third-order valence-electron chi connectivity index (χ3n) is 2.76. The molecule has 2 aromatic rings. The fraction of sp³-hybridized carbons (Fsp3) is 0.200. The second kappa shape index (κ2) is 5.33. The van der Waals surface area contributed by atoms with Crippen molar-refractivity contribution in [3.05, 3.63) is 59.4 Å². The van der Waals surface area contributed by atoms with Crippen LogP contribution in [0.4, 0.5) is 5.69 Å². The molecule has 1 unspecified atom stereocenters. The molecular formula is C15H15N3. The number of nitrogens with one attached hydrogen (secondary N) is 1. The van der Waals surface area contributed by atoms with Crippen LogP contribution in [-0.4, -0.2) is 4.98 Å². The predicted molar refractivity (Wildman–Crippen MR) is 72.1 cm³/mol. The molecule has 2 rings (SSSR count). The number of hydrogen-bond donors (Lipinski definition) is 1. The molecule has 0 saturated heterocycles. The van der Waals surface area contributed by atoms with Crippen molar-refractivity contribution < 1.29 is 0 Å². The van der Waals surface area contributed by atoms with Crippen molar-refractivity contribution >= 4 is 5.69 Å². The third-order valence-corrected chi connectivity index (χ3v) is 2.76. The molecule has 3 heteroatoms. The van der Waals surface area contributed by atoms with E-state index in [1.807, 2.05) is 50.2 Å². The molecular weight excluding hydrogens is 222 g/mol. The second-order valence-corrected chi connectivity index (χ2v) is 4.31.